The number of anilines is 1. The van der Waals surface area contributed by atoms with Crippen LogP contribution in [0.4, 0.5) is 11.4 Å². The van der Waals surface area contributed by atoms with E-state index in [1.165, 1.54) is 18.2 Å². The number of nitrogens with zero attached hydrogens (tertiary/aromatic N) is 1. The molecule has 0 aromatic heterocycles. The number of ether oxygens (including phenoxy) is 1. The van der Waals surface area contributed by atoms with Crippen LogP contribution in [0.5, 0.6) is 5.75 Å². The van der Waals surface area contributed by atoms with Crippen molar-refractivity contribution in [3.05, 3.63) is 63.2 Å². The Morgan fingerprint density at radius 1 is 1.30 bits per heavy atom. The van der Waals surface area contributed by atoms with Crippen molar-refractivity contribution >= 4 is 28.9 Å². The van der Waals surface area contributed by atoms with E-state index in [9.17, 15) is 14.9 Å². The van der Waals surface area contributed by atoms with Gasteiger partial charge in [0, 0.05) is 22.8 Å². The third-order valence-corrected chi connectivity index (χ3v) is 3.37. The maximum atomic E-state index is 12.1. The molecule has 1 atom stereocenters. The molecule has 2 aromatic rings. The first-order valence-corrected chi connectivity index (χ1v) is 7.23. The minimum atomic E-state index is -0.769. The third-order valence-electron chi connectivity index (χ3n) is 3.13. The van der Waals surface area contributed by atoms with Gasteiger partial charge >= 0.3 is 0 Å². The number of nitro benzene ring substituents is 1. The fourth-order valence-electron chi connectivity index (χ4n) is 1.93. The monoisotopic (exact) mass is 334 g/mol. The lowest BCUT2D eigenvalue weighted by Crippen LogP contribution is -2.30. The molecular formula is C16H15ClN2O4. The lowest BCUT2D eigenvalue weighted by Gasteiger charge is -2.16. The van der Waals surface area contributed by atoms with E-state index in [2.05, 4.69) is 5.32 Å². The number of benzene rings is 2. The van der Waals surface area contributed by atoms with Gasteiger partial charge in [0.15, 0.2) is 6.10 Å². The predicted molar refractivity (Wildman–Crippen MR) is 88.0 cm³/mol. The van der Waals surface area contributed by atoms with Gasteiger partial charge in [-0.25, -0.2) is 0 Å². The second kappa shape index (κ2) is 7.11. The summed E-state index contributed by atoms with van der Waals surface area (Å²) in [7, 11) is 0. The summed E-state index contributed by atoms with van der Waals surface area (Å²) in [6.07, 6.45) is -0.769. The second-order valence-electron chi connectivity index (χ2n) is 4.97. The number of nitrogens with one attached hydrogen (secondary N) is 1. The van der Waals surface area contributed by atoms with Gasteiger partial charge in [0.25, 0.3) is 11.6 Å². The molecule has 2 rings (SSSR count). The maximum Gasteiger partial charge on any atom is 0.271 e. The molecule has 120 valence electrons. The van der Waals surface area contributed by atoms with Crippen molar-refractivity contribution in [2.75, 3.05) is 5.32 Å². The number of rotatable bonds is 5. The number of carbonyl (C=O) groups excluding carboxylic acids is 1. The Morgan fingerprint density at radius 3 is 2.70 bits per heavy atom. The van der Waals surface area contributed by atoms with Gasteiger partial charge in [0.2, 0.25) is 0 Å². The molecule has 1 N–H and O–H groups in total. The lowest BCUT2D eigenvalue weighted by atomic mass is 10.2. The first-order valence-electron chi connectivity index (χ1n) is 6.85. The summed E-state index contributed by atoms with van der Waals surface area (Å²) in [6, 6.07) is 10.8. The second-order valence-corrected chi connectivity index (χ2v) is 5.40. The van der Waals surface area contributed by atoms with Crippen LogP contribution in [0.3, 0.4) is 0 Å². The number of hydrogen-bond donors (Lipinski definition) is 1. The van der Waals surface area contributed by atoms with Gasteiger partial charge in [0.05, 0.1) is 4.92 Å². The zero-order chi connectivity index (χ0) is 17.0. The smallest absolute Gasteiger partial charge is 0.271 e. The van der Waals surface area contributed by atoms with Crippen LogP contribution < -0.4 is 10.1 Å². The minimum Gasteiger partial charge on any atom is -0.481 e. The Hall–Kier alpha value is -2.60. The SMILES string of the molecule is Cc1cc(Cl)ccc1O[C@H](C)C(=O)Nc1cccc([N+](=O)[O-])c1. The molecule has 23 heavy (non-hydrogen) atoms. The van der Waals surface area contributed by atoms with E-state index in [0.717, 1.165) is 5.56 Å². The summed E-state index contributed by atoms with van der Waals surface area (Å²) in [5.41, 5.74) is 1.06. The molecule has 0 radical (unpaired) electrons. The largest absolute Gasteiger partial charge is 0.481 e. The van der Waals surface area contributed by atoms with Crippen molar-refractivity contribution < 1.29 is 14.5 Å². The molecule has 0 fully saturated rings. The van der Waals surface area contributed by atoms with Crippen LogP contribution in [0.25, 0.3) is 0 Å². The highest BCUT2D eigenvalue weighted by atomic mass is 35.5. The molecule has 0 spiro atoms. The summed E-state index contributed by atoms with van der Waals surface area (Å²) in [4.78, 5) is 22.4. The molecule has 0 saturated heterocycles. The molecule has 0 unspecified atom stereocenters. The number of carbonyl (C=O) groups is 1. The van der Waals surface area contributed by atoms with Crippen LogP contribution in [-0.4, -0.2) is 16.9 Å². The molecule has 1 amide bonds. The van der Waals surface area contributed by atoms with Crippen molar-refractivity contribution in [2.24, 2.45) is 0 Å². The van der Waals surface area contributed by atoms with E-state index in [1.54, 1.807) is 31.2 Å². The van der Waals surface area contributed by atoms with Gasteiger partial charge in [-0.15, -0.1) is 0 Å². The molecule has 2 aromatic carbocycles. The van der Waals surface area contributed by atoms with Gasteiger partial charge in [-0.2, -0.15) is 0 Å². The first-order chi connectivity index (χ1) is 10.9. The highest BCUT2D eigenvalue weighted by Gasteiger charge is 2.17. The summed E-state index contributed by atoms with van der Waals surface area (Å²) in [5, 5.41) is 13.9. The number of halogens is 1. The van der Waals surface area contributed by atoms with Gasteiger partial charge < -0.3 is 10.1 Å². The van der Waals surface area contributed by atoms with Crippen molar-refractivity contribution in [3.8, 4) is 5.75 Å². The van der Waals surface area contributed by atoms with Crippen LogP contribution in [0.15, 0.2) is 42.5 Å². The third kappa shape index (κ3) is 4.43. The standard InChI is InChI=1S/C16H15ClN2O4/c1-10-8-12(17)6-7-15(10)23-11(2)16(20)18-13-4-3-5-14(9-13)19(21)22/h3-9,11H,1-2H3,(H,18,20)/t11-/m1/s1. The van der Waals surface area contributed by atoms with E-state index < -0.39 is 16.9 Å². The summed E-state index contributed by atoms with van der Waals surface area (Å²) in [6.45, 7) is 3.42. The number of nitro groups is 1. The zero-order valence-electron chi connectivity index (χ0n) is 12.6. The lowest BCUT2D eigenvalue weighted by molar-refractivity contribution is -0.384. The van der Waals surface area contributed by atoms with Gasteiger partial charge in [-0.1, -0.05) is 17.7 Å². The Bertz CT molecular complexity index is 749. The summed E-state index contributed by atoms with van der Waals surface area (Å²) in [5.74, 6) is 0.149. The average molecular weight is 335 g/mol. The van der Waals surface area contributed by atoms with Gasteiger partial charge in [-0.3, -0.25) is 14.9 Å². The fraction of sp³-hybridized carbons (Fsp3) is 0.188. The van der Waals surface area contributed by atoms with Gasteiger partial charge in [-0.05, 0) is 43.7 Å². The average Bonchev–Trinajstić information content (AvgIpc) is 2.50. The minimum absolute atomic E-state index is 0.0927. The summed E-state index contributed by atoms with van der Waals surface area (Å²) >= 11 is 5.87. The molecule has 7 heteroatoms. The van der Waals surface area contributed by atoms with Crippen molar-refractivity contribution in [2.45, 2.75) is 20.0 Å². The maximum absolute atomic E-state index is 12.1. The fourth-order valence-corrected chi connectivity index (χ4v) is 2.16. The molecule has 6 nitrogen and oxygen atoms in total. The van der Waals surface area contributed by atoms with Crippen molar-refractivity contribution in [3.63, 3.8) is 0 Å². The zero-order valence-corrected chi connectivity index (χ0v) is 13.3. The molecule has 0 aliphatic heterocycles. The Balaban J connectivity index is 2.05. The summed E-state index contributed by atoms with van der Waals surface area (Å²) < 4.78 is 5.61. The highest BCUT2D eigenvalue weighted by molar-refractivity contribution is 6.30. The Morgan fingerprint density at radius 2 is 2.04 bits per heavy atom. The number of non-ortho nitro benzene ring substituents is 1. The molecule has 0 bridgehead atoms. The number of hydrogen-bond acceptors (Lipinski definition) is 4. The topological polar surface area (TPSA) is 81.5 Å². The number of aryl methyl sites for hydroxylation is 1. The van der Waals surface area contributed by atoms with E-state index in [-0.39, 0.29) is 5.69 Å². The highest BCUT2D eigenvalue weighted by Crippen LogP contribution is 2.23. The first kappa shape index (κ1) is 16.8. The molecule has 0 aliphatic rings. The van der Waals surface area contributed by atoms with Crippen LogP contribution in [0.2, 0.25) is 5.02 Å². The molecule has 0 heterocycles. The van der Waals surface area contributed by atoms with Crippen LogP contribution >= 0.6 is 11.6 Å². The van der Waals surface area contributed by atoms with Gasteiger partial charge in [0.1, 0.15) is 5.75 Å². The van der Waals surface area contributed by atoms with Crippen LogP contribution in [0, 0.1) is 17.0 Å². The van der Waals surface area contributed by atoms with Crippen molar-refractivity contribution in [1.82, 2.24) is 0 Å². The van der Waals surface area contributed by atoms with E-state index >= 15 is 0 Å². The quantitative estimate of drug-likeness (QED) is 0.662. The van der Waals surface area contributed by atoms with E-state index in [4.69, 9.17) is 16.3 Å². The number of amides is 1. The predicted octanol–water partition coefficient (Wildman–Crippen LogP) is 3.96. The van der Waals surface area contributed by atoms with E-state index in [1.807, 2.05) is 6.92 Å². The normalized spacial score (nSPS) is 11.6. The van der Waals surface area contributed by atoms with E-state index in [0.29, 0.717) is 16.5 Å². The molecular weight excluding hydrogens is 320 g/mol. The molecule has 0 aliphatic carbocycles. The van der Waals surface area contributed by atoms with Crippen LogP contribution in [-0.2, 0) is 4.79 Å². The Labute approximate surface area is 138 Å². The van der Waals surface area contributed by atoms with Crippen molar-refractivity contribution in [1.29, 1.82) is 0 Å². The Kier molecular flexibility index (Phi) is 5.18. The molecule has 0 saturated carbocycles. The van der Waals surface area contributed by atoms with Crippen LogP contribution in [0.1, 0.15) is 12.5 Å².